The number of ether oxygens (including phenoxy) is 1. The zero-order valence-corrected chi connectivity index (χ0v) is 19.3. The lowest BCUT2D eigenvalue weighted by atomic mass is 10.2. The Morgan fingerprint density at radius 1 is 0.906 bits per heavy atom. The molecule has 0 amide bonds. The van der Waals surface area contributed by atoms with Crippen LogP contribution in [0.4, 0.5) is 0 Å². The number of hydrogen-bond donors (Lipinski definition) is 1. The van der Waals surface area contributed by atoms with Gasteiger partial charge in [0, 0.05) is 12.7 Å². The van der Waals surface area contributed by atoms with Gasteiger partial charge in [0.25, 0.3) is 0 Å². The largest absolute Gasteiger partial charge is 0.584 e. The normalized spacial score (nSPS) is 15.1. The van der Waals surface area contributed by atoms with Gasteiger partial charge in [0.1, 0.15) is 23.9 Å². The van der Waals surface area contributed by atoms with E-state index < -0.39 is 7.82 Å². The van der Waals surface area contributed by atoms with Crippen LogP contribution in [0.2, 0.25) is 0 Å². The third-order valence-corrected chi connectivity index (χ3v) is 6.52. The monoisotopic (exact) mass is 469 g/mol. The number of thioether (sulfide) groups is 1. The topological polar surface area (TPSA) is 68.2 Å². The van der Waals surface area contributed by atoms with Gasteiger partial charge < -0.3 is 18.7 Å². The highest BCUT2D eigenvalue weighted by atomic mass is 32.2. The lowest BCUT2D eigenvalue weighted by Gasteiger charge is -2.17. The van der Waals surface area contributed by atoms with Gasteiger partial charge in [-0.1, -0.05) is 42.5 Å². The molecule has 0 saturated heterocycles. The molecule has 3 aromatic rings. The van der Waals surface area contributed by atoms with E-state index >= 15 is 0 Å². The molecule has 6 nitrogen and oxygen atoms in total. The van der Waals surface area contributed by atoms with Crippen molar-refractivity contribution in [3.05, 3.63) is 101 Å². The fourth-order valence-corrected chi connectivity index (χ4v) is 4.73. The summed E-state index contributed by atoms with van der Waals surface area (Å²) in [5.74, 6) is 2.02. The van der Waals surface area contributed by atoms with E-state index in [2.05, 4.69) is 18.0 Å². The number of allylic oxidation sites excluding steroid dienone is 1. The van der Waals surface area contributed by atoms with Gasteiger partial charge in [-0.15, -0.1) is 11.8 Å². The summed E-state index contributed by atoms with van der Waals surface area (Å²) in [7, 11) is -4.35. The second-order valence-electron chi connectivity index (χ2n) is 7.30. The van der Waals surface area contributed by atoms with Gasteiger partial charge in [0.15, 0.2) is 0 Å². The Balaban J connectivity index is 1.33. The van der Waals surface area contributed by atoms with Gasteiger partial charge >= 0.3 is 7.82 Å². The van der Waals surface area contributed by atoms with Gasteiger partial charge in [-0.05, 0) is 59.4 Å². The number of nitrogens with zero attached hydrogens (tertiary/aromatic N) is 1. The van der Waals surface area contributed by atoms with Crippen molar-refractivity contribution < 1.29 is 23.2 Å². The van der Waals surface area contributed by atoms with Crippen LogP contribution in [0.5, 0.6) is 17.2 Å². The van der Waals surface area contributed by atoms with E-state index in [1.165, 1.54) is 4.91 Å². The number of hydrogen-bond acceptors (Lipinski definition) is 6. The highest BCUT2D eigenvalue weighted by Gasteiger charge is 2.25. The molecule has 1 aliphatic heterocycles. The Bertz CT molecular complexity index is 1120. The predicted octanol–water partition coefficient (Wildman–Crippen LogP) is 6.19. The number of benzene rings is 3. The third-order valence-electron chi connectivity index (χ3n) is 4.62. The quantitative estimate of drug-likeness (QED) is 0.375. The van der Waals surface area contributed by atoms with E-state index in [9.17, 15) is 9.46 Å². The van der Waals surface area contributed by atoms with Crippen LogP contribution in [-0.4, -0.2) is 15.7 Å². The molecule has 0 aliphatic carbocycles. The summed E-state index contributed by atoms with van der Waals surface area (Å²) in [6.45, 7) is 3.21. The fourth-order valence-electron chi connectivity index (χ4n) is 3.17. The van der Waals surface area contributed by atoms with Crippen molar-refractivity contribution in [3.63, 3.8) is 0 Å². The fraction of sp³-hybridized carbons (Fsp3) is 0.167. The maximum Gasteiger partial charge on any atom is 0.584 e. The van der Waals surface area contributed by atoms with Crippen molar-refractivity contribution in [1.82, 2.24) is 4.90 Å². The first-order valence-electron chi connectivity index (χ1n) is 10.1. The molecule has 1 atom stereocenters. The minimum atomic E-state index is -4.35. The molecular formula is C24H24NO5PS. The first-order chi connectivity index (χ1) is 15.4. The second-order valence-corrected chi connectivity index (χ2v) is 9.80. The number of rotatable bonds is 9. The van der Waals surface area contributed by atoms with Gasteiger partial charge in [-0.3, -0.25) is 4.89 Å². The van der Waals surface area contributed by atoms with Crippen molar-refractivity contribution in [2.24, 2.45) is 0 Å². The van der Waals surface area contributed by atoms with E-state index in [1.54, 1.807) is 54.2 Å². The Morgan fingerprint density at radius 2 is 1.59 bits per heavy atom. The molecule has 0 saturated carbocycles. The maximum absolute atomic E-state index is 12.5. The molecule has 1 aliphatic rings. The summed E-state index contributed by atoms with van der Waals surface area (Å²) < 4.78 is 28.7. The molecule has 3 aromatic carbocycles. The summed E-state index contributed by atoms with van der Waals surface area (Å²) in [6, 6.07) is 23.5. The van der Waals surface area contributed by atoms with Gasteiger partial charge in [0.2, 0.25) is 0 Å². The zero-order valence-electron chi connectivity index (χ0n) is 17.6. The second kappa shape index (κ2) is 10.2. The average Bonchev–Trinajstić information content (AvgIpc) is 3.18. The molecule has 1 N–H and O–H groups in total. The van der Waals surface area contributed by atoms with Crippen molar-refractivity contribution in [1.29, 1.82) is 0 Å². The molecule has 8 heteroatoms. The Hall–Kier alpha value is -2.86. The third kappa shape index (κ3) is 6.57. The van der Waals surface area contributed by atoms with Crippen LogP contribution in [-0.2, 0) is 17.7 Å². The van der Waals surface area contributed by atoms with Crippen molar-refractivity contribution in [2.45, 2.75) is 20.1 Å². The van der Waals surface area contributed by atoms with Crippen LogP contribution in [0, 0.1) is 0 Å². The minimum absolute atomic E-state index is 0.216. The standard InChI is InChI=1S/C24H24NO5PS/c1-19-15-25(18-32-19)16-21-8-5-9-24(14-21)30-31(26,27)29-23-12-10-22(11-13-23)28-17-20-6-3-2-4-7-20/h2-15H,16-18H2,1H3,(H,26,27). The molecule has 0 fully saturated rings. The first kappa shape index (κ1) is 22.3. The molecule has 0 spiro atoms. The number of phosphoric acid groups is 1. The molecule has 0 bridgehead atoms. The summed E-state index contributed by atoms with van der Waals surface area (Å²) in [4.78, 5) is 13.7. The molecule has 0 aromatic heterocycles. The molecule has 1 unspecified atom stereocenters. The van der Waals surface area contributed by atoms with Crippen LogP contribution in [0.3, 0.4) is 0 Å². The smallest absolute Gasteiger partial charge is 0.489 e. The Kier molecular flexibility index (Phi) is 7.10. The van der Waals surface area contributed by atoms with E-state index in [0.29, 0.717) is 18.9 Å². The van der Waals surface area contributed by atoms with Crippen molar-refractivity contribution >= 4 is 19.6 Å². The summed E-state index contributed by atoms with van der Waals surface area (Å²) in [6.07, 6.45) is 2.10. The van der Waals surface area contributed by atoms with E-state index in [0.717, 1.165) is 17.0 Å². The molecule has 1 heterocycles. The van der Waals surface area contributed by atoms with Gasteiger partial charge in [-0.25, -0.2) is 4.57 Å². The average molecular weight is 469 g/mol. The highest BCUT2D eigenvalue weighted by Crippen LogP contribution is 2.44. The lowest BCUT2D eigenvalue weighted by Crippen LogP contribution is -2.12. The van der Waals surface area contributed by atoms with Crippen LogP contribution < -0.4 is 13.8 Å². The SMILES string of the molecule is CC1=CN(Cc2cccc(OP(=O)(O)Oc3ccc(OCc4ccccc4)cc3)c2)CS1. The van der Waals surface area contributed by atoms with Crippen LogP contribution in [0.1, 0.15) is 18.1 Å². The van der Waals surface area contributed by atoms with E-state index in [4.69, 9.17) is 13.8 Å². The highest BCUT2D eigenvalue weighted by molar-refractivity contribution is 8.03. The minimum Gasteiger partial charge on any atom is -0.489 e. The molecule has 0 radical (unpaired) electrons. The van der Waals surface area contributed by atoms with E-state index in [-0.39, 0.29) is 11.5 Å². The lowest BCUT2D eigenvalue weighted by molar-refractivity contribution is 0.289. The van der Waals surface area contributed by atoms with Gasteiger partial charge in [0.05, 0.1) is 5.88 Å². The predicted molar refractivity (Wildman–Crippen MR) is 126 cm³/mol. The molecule has 32 heavy (non-hydrogen) atoms. The zero-order chi connectivity index (χ0) is 22.4. The Morgan fingerprint density at radius 3 is 2.31 bits per heavy atom. The summed E-state index contributed by atoms with van der Waals surface area (Å²) in [5.41, 5.74) is 2.03. The first-order valence-corrected chi connectivity index (χ1v) is 12.6. The van der Waals surface area contributed by atoms with E-state index in [1.807, 2.05) is 36.4 Å². The van der Waals surface area contributed by atoms with Crippen molar-refractivity contribution in [3.8, 4) is 17.2 Å². The van der Waals surface area contributed by atoms with Crippen LogP contribution in [0.25, 0.3) is 0 Å². The number of phosphoric ester groups is 1. The van der Waals surface area contributed by atoms with Crippen LogP contribution >= 0.6 is 19.6 Å². The Labute approximate surface area is 192 Å². The van der Waals surface area contributed by atoms with Gasteiger partial charge in [-0.2, -0.15) is 0 Å². The molecular weight excluding hydrogens is 445 g/mol. The molecule has 4 rings (SSSR count). The molecule has 166 valence electrons. The summed E-state index contributed by atoms with van der Waals surface area (Å²) in [5, 5.41) is 0. The maximum atomic E-state index is 12.5. The van der Waals surface area contributed by atoms with Crippen molar-refractivity contribution in [2.75, 3.05) is 5.88 Å². The van der Waals surface area contributed by atoms with Crippen LogP contribution in [0.15, 0.2) is 90.0 Å². The summed E-state index contributed by atoms with van der Waals surface area (Å²) >= 11 is 1.79.